The second-order valence-corrected chi connectivity index (χ2v) is 6.63. The largest absolute Gasteiger partial charge is 0.379 e. The molecule has 0 saturated carbocycles. The fraction of sp³-hybridized carbons (Fsp3) is 0.647. The minimum Gasteiger partial charge on any atom is -0.379 e. The van der Waals surface area contributed by atoms with Crippen LogP contribution in [0.4, 0.5) is 0 Å². The first-order valence-corrected chi connectivity index (χ1v) is 8.42. The van der Waals surface area contributed by atoms with Crippen LogP contribution in [0.5, 0.6) is 0 Å². The van der Waals surface area contributed by atoms with Crippen LogP contribution in [-0.2, 0) is 4.74 Å². The standard InChI is InChI=1S/C17H24N4O/c1-20-9-6-13(7-10-20)16-19-15-5-2-8-18-17(15)21(16)14-4-3-11-22-12-14/h2,5,8,13-14H,3-4,6-7,9-12H2,1H3. The Morgan fingerprint density at radius 3 is 2.86 bits per heavy atom. The van der Waals surface area contributed by atoms with Crippen molar-refractivity contribution < 1.29 is 4.74 Å². The first-order chi connectivity index (χ1) is 10.8. The SMILES string of the molecule is CN1CCC(c2nc3cccnc3n2C2CCCOC2)CC1. The highest BCUT2D eigenvalue weighted by molar-refractivity contribution is 5.71. The van der Waals surface area contributed by atoms with Gasteiger partial charge in [-0.1, -0.05) is 0 Å². The minimum absolute atomic E-state index is 0.392. The van der Waals surface area contributed by atoms with E-state index in [4.69, 9.17) is 9.72 Å². The number of pyridine rings is 1. The predicted molar refractivity (Wildman–Crippen MR) is 86.1 cm³/mol. The normalized spacial score (nSPS) is 24.9. The van der Waals surface area contributed by atoms with E-state index in [9.17, 15) is 0 Å². The van der Waals surface area contributed by atoms with Crippen LogP contribution in [-0.4, -0.2) is 52.8 Å². The van der Waals surface area contributed by atoms with Gasteiger partial charge in [0.25, 0.3) is 0 Å². The summed E-state index contributed by atoms with van der Waals surface area (Å²) in [6, 6.07) is 4.46. The number of piperidine rings is 1. The molecule has 0 spiro atoms. The van der Waals surface area contributed by atoms with Gasteiger partial charge in [0.1, 0.15) is 11.3 Å². The second kappa shape index (κ2) is 5.97. The number of likely N-dealkylation sites (tertiary alicyclic amines) is 1. The van der Waals surface area contributed by atoms with Gasteiger partial charge in [-0.25, -0.2) is 9.97 Å². The number of rotatable bonds is 2. The highest BCUT2D eigenvalue weighted by atomic mass is 16.5. The van der Waals surface area contributed by atoms with Gasteiger partial charge in [0.05, 0.1) is 12.6 Å². The van der Waals surface area contributed by atoms with E-state index in [1.54, 1.807) is 0 Å². The van der Waals surface area contributed by atoms with Gasteiger partial charge in [0, 0.05) is 18.7 Å². The number of nitrogens with zero attached hydrogens (tertiary/aromatic N) is 4. The molecule has 0 amide bonds. The van der Waals surface area contributed by atoms with E-state index >= 15 is 0 Å². The van der Waals surface area contributed by atoms with E-state index in [0.29, 0.717) is 12.0 Å². The monoisotopic (exact) mass is 300 g/mol. The van der Waals surface area contributed by atoms with Crippen LogP contribution in [0.3, 0.4) is 0 Å². The zero-order valence-corrected chi connectivity index (χ0v) is 13.2. The highest BCUT2D eigenvalue weighted by Crippen LogP contribution is 2.33. The van der Waals surface area contributed by atoms with Crippen molar-refractivity contribution >= 4 is 11.2 Å². The molecule has 4 rings (SSSR count). The maximum atomic E-state index is 5.73. The molecule has 0 aromatic carbocycles. The molecule has 2 aliphatic heterocycles. The Balaban J connectivity index is 1.75. The lowest BCUT2D eigenvalue weighted by Crippen LogP contribution is -2.31. The molecule has 2 fully saturated rings. The number of aromatic nitrogens is 3. The van der Waals surface area contributed by atoms with Gasteiger partial charge < -0.3 is 14.2 Å². The Morgan fingerprint density at radius 1 is 1.23 bits per heavy atom. The molecule has 0 radical (unpaired) electrons. The molecule has 0 N–H and O–H groups in total. The summed E-state index contributed by atoms with van der Waals surface area (Å²) in [6.45, 7) is 3.99. The lowest BCUT2D eigenvalue weighted by molar-refractivity contribution is 0.0585. The number of hydrogen-bond donors (Lipinski definition) is 0. The Hall–Kier alpha value is -1.46. The minimum atomic E-state index is 0.392. The third-order valence-electron chi connectivity index (χ3n) is 5.06. The van der Waals surface area contributed by atoms with Crippen molar-refractivity contribution in [2.24, 2.45) is 0 Å². The molecule has 1 unspecified atom stereocenters. The molecule has 0 bridgehead atoms. The molecule has 2 aliphatic rings. The van der Waals surface area contributed by atoms with Crippen LogP contribution in [0.1, 0.15) is 43.5 Å². The summed E-state index contributed by atoms with van der Waals surface area (Å²) < 4.78 is 8.12. The van der Waals surface area contributed by atoms with Crippen LogP contribution in [0.15, 0.2) is 18.3 Å². The molecule has 22 heavy (non-hydrogen) atoms. The average molecular weight is 300 g/mol. The Bertz CT molecular complexity index is 639. The summed E-state index contributed by atoms with van der Waals surface area (Å²) in [4.78, 5) is 12.0. The van der Waals surface area contributed by atoms with Crippen LogP contribution < -0.4 is 0 Å². The number of imidazole rings is 1. The van der Waals surface area contributed by atoms with E-state index in [2.05, 4.69) is 27.6 Å². The summed E-state index contributed by atoms with van der Waals surface area (Å²) in [5.41, 5.74) is 2.06. The molecule has 5 nitrogen and oxygen atoms in total. The van der Waals surface area contributed by atoms with Crippen LogP contribution in [0.2, 0.25) is 0 Å². The van der Waals surface area contributed by atoms with Crippen LogP contribution in [0, 0.1) is 0 Å². The summed E-state index contributed by atoms with van der Waals surface area (Å²) in [7, 11) is 2.20. The maximum Gasteiger partial charge on any atom is 0.160 e. The van der Waals surface area contributed by atoms with Gasteiger partial charge in [0.2, 0.25) is 0 Å². The van der Waals surface area contributed by atoms with E-state index in [-0.39, 0.29) is 0 Å². The topological polar surface area (TPSA) is 43.2 Å². The molecule has 5 heteroatoms. The van der Waals surface area contributed by atoms with E-state index in [1.807, 2.05) is 12.3 Å². The van der Waals surface area contributed by atoms with Crippen molar-refractivity contribution in [3.05, 3.63) is 24.2 Å². The van der Waals surface area contributed by atoms with Crippen molar-refractivity contribution in [3.8, 4) is 0 Å². The molecule has 118 valence electrons. The van der Waals surface area contributed by atoms with Crippen molar-refractivity contribution in [1.29, 1.82) is 0 Å². The summed E-state index contributed by atoms with van der Waals surface area (Å²) >= 11 is 0. The first kappa shape index (κ1) is 14.2. The predicted octanol–water partition coefficient (Wildman–Crippen LogP) is 2.59. The third-order valence-corrected chi connectivity index (χ3v) is 5.06. The number of fused-ring (bicyclic) bond motifs is 1. The smallest absolute Gasteiger partial charge is 0.160 e. The van der Waals surface area contributed by atoms with E-state index in [1.165, 1.54) is 25.1 Å². The fourth-order valence-corrected chi connectivity index (χ4v) is 3.79. The zero-order valence-electron chi connectivity index (χ0n) is 13.2. The van der Waals surface area contributed by atoms with Crippen molar-refractivity contribution in [1.82, 2.24) is 19.4 Å². The number of ether oxygens (including phenoxy) is 1. The van der Waals surface area contributed by atoms with E-state index in [0.717, 1.165) is 43.9 Å². The Kier molecular flexibility index (Phi) is 3.84. The molecular formula is C17H24N4O. The fourth-order valence-electron chi connectivity index (χ4n) is 3.79. The molecule has 2 saturated heterocycles. The van der Waals surface area contributed by atoms with Gasteiger partial charge >= 0.3 is 0 Å². The van der Waals surface area contributed by atoms with Gasteiger partial charge in [0.15, 0.2) is 5.65 Å². The van der Waals surface area contributed by atoms with Crippen LogP contribution >= 0.6 is 0 Å². The second-order valence-electron chi connectivity index (χ2n) is 6.63. The average Bonchev–Trinajstić information content (AvgIpc) is 2.96. The van der Waals surface area contributed by atoms with Crippen molar-refractivity contribution in [3.63, 3.8) is 0 Å². The third kappa shape index (κ3) is 2.52. The number of hydrogen-bond acceptors (Lipinski definition) is 4. The Labute approximate surface area is 131 Å². The summed E-state index contributed by atoms with van der Waals surface area (Å²) in [6.07, 6.45) is 6.55. The highest BCUT2D eigenvalue weighted by Gasteiger charge is 2.28. The molecule has 4 heterocycles. The molecule has 2 aromatic heterocycles. The summed E-state index contributed by atoms with van der Waals surface area (Å²) in [5, 5.41) is 0. The molecule has 1 atom stereocenters. The van der Waals surface area contributed by atoms with Gasteiger partial charge in [-0.05, 0) is 58.0 Å². The molecule has 2 aromatic rings. The van der Waals surface area contributed by atoms with E-state index < -0.39 is 0 Å². The van der Waals surface area contributed by atoms with Crippen molar-refractivity contribution in [2.75, 3.05) is 33.4 Å². The molecular weight excluding hydrogens is 276 g/mol. The quantitative estimate of drug-likeness (QED) is 0.855. The van der Waals surface area contributed by atoms with Crippen LogP contribution in [0.25, 0.3) is 11.2 Å². The van der Waals surface area contributed by atoms with Gasteiger partial charge in [-0.15, -0.1) is 0 Å². The maximum absolute atomic E-state index is 5.73. The summed E-state index contributed by atoms with van der Waals surface area (Å²) in [5.74, 6) is 1.78. The lowest BCUT2D eigenvalue weighted by atomic mass is 9.95. The zero-order chi connectivity index (χ0) is 14.9. The Morgan fingerprint density at radius 2 is 2.09 bits per heavy atom. The van der Waals surface area contributed by atoms with Gasteiger partial charge in [-0.3, -0.25) is 0 Å². The molecule has 0 aliphatic carbocycles. The first-order valence-electron chi connectivity index (χ1n) is 8.42. The van der Waals surface area contributed by atoms with Crippen molar-refractivity contribution in [2.45, 2.75) is 37.6 Å². The lowest BCUT2D eigenvalue weighted by Gasteiger charge is -2.31. The van der Waals surface area contributed by atoms with Gasteiger partial charge in [-0.2, -0.15) is 0 Å².